The molecule has 0 saturated carbocycles. The maximum absolute atomic E-state index is 11.5. The second-order valence-electron chi connectivity index (χ2n) is 6.64. The molecule has 0 aliphatic carbocycles. The number of nitro groups is 1. The van der Waals surface area contributed by atoms with E-state index in [1.54, 1.807) is 12.1 Å². The first-order valence-electron chi connectivity index (χ1n) is 9.06. The van der Waals surface area contributed by atoms with Crippen LogP contribution in [0.15, 0.2) is 42.5 Å². The molecular weight excluding hydrogens is 382 g/mol. The molecule has 1 fully saturated rings. The Balaban J connectivity index is 1.84. The normalized spacial score (nSPS) is 15.8. The lowest BCUT2D eigenvalue weighted by molar-refractivity contribution is -0.384. The predicted molar refractivity (Wildman–Crippen MR) is 108 cm³/mol. The van der Waals surface area contributed by atoms with E-state index in [2.05, 4.69) is 10.2 Å². The fourth-order valence-corrected chi connectivity index (χ4v) is 3.42. The lowest BCUT2D eigenvalue weighted by Gasteiger charge is -2.35. The molecule has 28 heavy (non-hydrogen) atoms. The molecule has 0 amide bonds. The number of carbonyl (C=O) groups is 1. The lowest BCUT2D eigenvalue weighted by atomic mass is 10.0. The van der Waals surface area contributed by atoms with E-state index in [0.29, 0.717) is 36.0 Å². The number of halogens is 1. The zero-order valence-electron chi connectivity index (χ0n) is 15.6. The first-order valence-corrected chi connectivity index (χ1v) is 9.44. The molecule has 1 saturated heterocycles. The Morgan fingerprint density at radius 2 is 1.93 bits per heavy atom. The summed E-state index contributed by atoms with van der Waals surface area (Å²) in [5, 5.41) is 15.3. The van der Waals surface area contributed by atoms with E-state index in [1.165, 1.54) is 13.0 Å². The Morgan fingerprint density at radius 3 is 2.54 bits per heavy atom. The number of hydrogen-bond acceptors (Lipinski definition) is 6. The van der Waals surface area contributed by atoms with Crippen LogP contribution in [0.2, 0.25) is 5.02 Å². The highest BCUT2D eigenvalue weighted by Gasteiger charge is 2.24. The number of ether oxygens (including phenoxy) is 1. The number of Topliss-reactive ketones (excluding diaryl/α,β-unsaturated/α-hetero) is 1. The molecule has 148 valence electrons. The number of anilines is 1. The number of rotatable bonds is 7. The van der Waals surface area contributed by atoms with Gasteiger partial charge in [-0.1, -0.05) is 23.7 Å². The topological polar surface area (TPSA) is 84.7 Å². The van der Waals surface area contributed by atoms with Crippen LogP contribution in [-0.2, 0) is 4.74 Å². The summed E-state index contributed by atoms with van der Waals surface area (Å²) >= 11 is 6.02. The molecule has 1 atom stereocenters. The van der Waals surface area contributed by atoms with Gasteiger partial charge < -0.3 is 10.1 Å². The molecule has 1 aliphatic heterocycles. The molecule has 2 aromatic rings. The summed E-state index contributed by atoms with van der Waals surface area (Å²) in [5.41, 5.74) is 1.67. The molecule has 1 unspecified atom stereocenters. The first-order chi connectivity index (χ1) is 13.5. The third kappa shape index (κ3) is 4.86. The van der Waals surface area contributed by atoms with E-state index in [4.69, 9.17) is 16.3 Å². The predicted octanol–water partition coefficient (Wildman–Crippen LogP) is 3.94. The van der Waals surface area contributed by atoms with Crippen LogP contribution in [0.4, 0.5) is 11.4 Å². The van der Waals surface area contributed by atoms with Gasteiger partial charge >= 0.3 is 0 Å². The molecule has 7 nitrogen and oxygen atoms in total. The molecule has 0 aromatic heterocycles. The van der Waals surface area contributed by atoms with E-state index in [-0.39, 0.29) is 17.5 Å². The SMILES string of the molecule is CC(=O)c1ccc(NCC(c2ccc(Cl)cc2)N2CCOCC2)c([N+](=O)[O-])c1. The highest BCUT2D eigenvalue weighted by molar-refractivity contribution is 6.30. The molecule has 1 N–H and O–H groups in total. The number of hydrogen-bond donors (Lipinski definition) is 1. The largest absolute Gasteiger partial charge is 0.379 e. The number of nitrogens with one attached hydrogen (secondary N) is 1. The summed E-state index contributed by atoms with van der Waals surface area (Å²) in [6, 6.07) is 12.1. The highest BCUT2D eigenvalue weighted by atomic mass is 35.5. The van der Waals surface area contributed by atoms with Crippen LogP contribution >= 0.6 is 11.6 Å². The standard InChI is InChI=1S/C20H22ClN3O4/c1-14(25)16-4-7-18(19(12-16)24(26)27)22-13-20(23-8-10-28-11-9-23)15-2-5-17(21)6-3-15/h2-7,12,20,22H,8-11,13H2,1H3. The fraction of sp³-hybridized carbons (Fsp3) is 0.350. The van der Waals surface area contributed by atoms with Crippen molar-refractivity contribution in [3.05, 3.63) is 68.7 Å². The van der Waals surface area contributed by atoms with Crippen molar-refractivity contribution < 1.29 is 14.5 Å². The summed E-state index contributed by atoms with van der Waals surface area (Å²) in [5.74, 6) is -0.206. The van der Waals surface area contributed by atoms with Crippen molar-refractivity contribution in [3.8, 4) is 0 Å². The van der Waals surface area contributed by atoms with Crippen molar-refractivity contribution in [2.24, 2.45) is 0 Å². The zero-order chi connectivity index (χ0) is 20.1. The average molecular weight is 404 g/mol. The summed E-state index contributed by atoms with van der Waals surface area (Å²) in [4.78, 5) is 24.8. The lowest BCUT2D eigenvalue weighted by Crippen LogP contribution is -2.41. The Bertz CT molecular complexity index is 851. The van der Waals surface area contributed by atoms with Gasteiger partial charge in [0.25, 0.3) is 5.69 Å². The van der Waals surface area contributed by atoms with Gasteiger partial charge in [-0.2, -0.15) is 0 Å². The van der Waals surface area contributed by atoms with Crippen molar-refractivity contribution in [2.45, 2.75) is 13.0 Å². The zero-order valence-corrected chi connectivity index (χ0v) is 16.3. The van der Waals surface area contributed by atoms with E-state index in [0.717, 1.165) is 18.7 Å². The highest BCUT2D eigenvalue weighted by Crippen LogP contribution is 2.29. The van der Waals surface area contributed by atoms with E-state index < -0.39 is 4.92 Å². The van der Waals surface area contributed by atoms with Gasteiger partial charge in [0.1, 0.15) is 5.69 Å². The Morgan fingerprint density at radius 1 is 1.25 bits per heavy atom. The van der Waals surface area contributed by atoms with Crippen LogP contribution < -0.4 is 5.32 Å². The minimum Gasteiger partial charge on any atom is -0.379 e. The maximum Gasteiger partial charge on any atom is 0.293 e. The molecule has 0 radical (unpaired) electrons. The Kier molecular flexibility index (Phi) is 6.61. The van der Waals surface area contributed by atoms with Gasteiger partial charge in [-0.25, -0.2) is 0 Å². The Labute approximate surface area is 168 Å². The third-order valence-corrected chi connectivity index (χ3v) is 5.08. The maximum atomic E-state index is 11.5. The smallest absolute Gasteiger partial charge is 0.293 e. The summed E-state index contributed by atoms with van der Waals surface area (Å²) in [6.45, 7) is 4.72. The van der Waals surface area contributed by atoms with Gasteiger partial charge in [0, 0.05) is 36.3 Å². The fourth-order valence-electron chi connectivity index (χ4n) is 3.29. The monoisotopic (exact) mass is 403 g/mol. The number of nitrogens with zero attached hydrogens (tertiary/aromatic N) is 2. The average Bonchev–Trinajstić information content (AvgIpc) is 2.70. The van der Waals surface area contributed by atoms with Crippen molar-refractivity contribution in [1.29, 1.82) is 0 Å². The molecule has 8 heteroatoms. The van der Waals surface area contributed by atoms with E-state index >= 15 is 0 Å². The minimum absolute atomic E-state index is 0.00764. The van der Waals surface area contributed by atoms with Crippen molar-refractivity contribution in [2.75, 3.05) is 38.2 Å². The van der Waals surface area contributed by atoms with Gasteiger partial charge in [-0.3, -0.25) is 19.8 Å². The summed E-state index contributed by atoms with van der Waals surface area (Å²) in [7, 11) is 0. The molecule has 1 aliphatic rings. The molecule has 3 rings (SSSR count). The number of benzene rings is 2. The van der Waals surface area contributed by atoms with Crippen molar-refractivity contribution in [3.63, 3.8) is 0 Å². The summed E-state index contributed by atoms with van der Waals surface area (Å²) in [6.07, 6.45) is 0. The Hall–Kier alpha value is -2.48. The van der Waals surface area contributed by atoms with Gasteiger partial charge in [0.05, 0.1) is 24.2 Å². The van der Waals surface area contributed by atoms with E-state index in [9.17, 15) is 14.9 Å². The van der Waals surface area contributed by atoms with Crippen LogP contribution in [-0.4, -0.2) is 48.5 Å². The molecule has 2 aromatic carbocycles. The number of carbonyl (C=O) groups excluding carboxylic acids is 1. The van der Waals surface area contributed by atoms with Crippen LogP contribution in [0, 0.1) is 10.1 Å². The molecule has 1 heterocycles. The van der Waals surface area contributed by atoms with Gasteiger partial charge in [-0.15, -0.1) is 0 Å². The van der Waals surface area contributed by atoms with Gasteiger partial charge in [-0.05, 0) is 36.8 Å². The minimum atomic E-state index is -0.471. The van der Waals surface area contributed by atoms with Crippen LogP contribution in [0.25, 0.3) is 0 Å². The van der Waals surface area contributed by atoms with Crippen molar-refractivity contribution >= 4 is 28.8 Å². The van der Waals surface area contributed by atoms with Gasteiger partial charge in [0.2, 0.25) is 0 Å². The molecular formula is C20H22ClN3O4. The second-order valence-corrected chi connectivity index (χ2v) is 7.08. The van der Waals surface area contributed by atoms with Crippen LogP contribution in [0.5, 0.6) is 0 Å². The van der Waals surface area contributed by atoms with Crippen molar-refractivity contribution in [1.82, 2.24) is 4.90 Å². The van der Waals surface area contributed by atoms with Crippen LogP contribution in [0.3, 0.4) is 0 Å². The van der Waals surface area contributed by atoms with Crippen LogP contribution in [0.1, 0.15) is 28.9 Å². The second kappa shape index (κ2) is 9.14. The quantitative estimate of drug-likeness (QED) is 0.428. The number of ketones is 1. The first kappa shape index (κ1) is 20.3. The van der Waals surface area contributed by atoms with Gasteiger partial charge in [0.15, 0.2) is 5.78 Å². The van der Waals surface area contributed by atoms with E-state index in [1.807, 2.05) is 24.3 Å². The number of morpholine rings is 1. The summed E-state index contributed by atoms with van der Waals surface area (Å²) < 4.78 is 5.45. The molecule has 0 spiro atoms. The number of nitro benzene ring substituents is 1. The molecule has 0 bridgehead atoms. The third-order valence-electron chi connectivity index (χ3n) is 4.83.